The van der Waals surface area contributed by atoms with E-state index in [1.807, 2.05) is 6.92 Å². The summed E-state index contributed by atoms with van der Waals surface area (Å²) in [6, 6.07) is 5.03. The maximum absolute atomic E-state index is 11.6. The monoisotopic (exact) mass is 202 g/mol. The Kier molecular flexibility index (Phi) is 1.96. The quantitative estimate of drug-likeness (QED) is 0.655. The van der Waals surface area contributed by atoms with E-state index in [0.717, 1.165) is 5.56 Å². The lowest BCUT2D eigenvalue weighted by Gasteiger charge is -2.15. The van der Waals surface area contributed by atoms with Crippen molar-refractivity contribution in [1.82, 2.24) is 0 Å². The first kappa shape index (κ1) is 9.65. The van der Waals surface area contributed by atoms with Crippen molar-refractivity contribution >= 4 is 17.3 Å². The highest BCUT2D eigenvalue weighted by Crippen LogP contribution is 2.27. The standard InChI is InChI=1S/C12H10O3/c1-6-3-4-8-9(5-6)10(13)7(2)11(14)12(8)15/h3-5,13H,1-2H3. The summed E-state index contributed by atoms with van der Waals surface area (Å²) in [4.78, 5) is 23.0. The number of carbonyl (C=O) groups is 2. The molecule has 1 N–H and O–H groups in total. The molecule has 0 spiro atoms. The van der Waals surface area contributed by atoms with Gasteiger partial charge in [0, 0.05) is 16.7 Å². The summed E-state index contributed by atoms with van der Waals surface area (Å²) in [5, 5.41) is 9.75. The molecule has 0 bridgehead atoms. The van der Waals surface area contributed by atoms with Gasteiger partial charge in [-0.1, -0.05) is 11.6 Å². The fourth-order valence-corrected chi connectivity index (χ4v) is 1.65. The van der Waals surface area contributed by atoms with Crippen molar-refractivity contribution in [2.75, 3.05) is 0 Å². The third kappa shape index (κ3) is 1.28. The van der Waals surface area contributed by atoms with Gasteiger partial charge in [-0.25, -0.2) is 0 Å². The number of aliphatic hydroxyl groups excluding tert-OH is 1. The number of aliphatic hydroxyl groups is 1. The minimum Gasteiger partial charge on any atom is -0.507 e. The number of Topliss-reactive ketones (excluding diaryl/α,β-unsaturated/α-hetero) is 2. The lowest BCUT2D eigenvalue weighted by atomic mass is 9.88. The predicted octanol–water partition coefficient (Wildman–Crippen LogP) is 2.05. The number of rotatable bonds is 0. The molecule has 0 amide bonds. The van der Waals surface area contributed by atoms with Crippen LogP contribution in [0.25, 0.3) is 5.76 Å². The third-order valence-corrected chi connectivity index (χ3v) is 2.58. The first-order valence-electron chi connectivity index (χ1n) is 4.62. The van der Waals surface area contributed by atoms with Gasteiger partial charge < -0.3 is 5.11 Å². The molecule has 2 rings (SSSR count). The minimum atomic E-state index is -0.621. The maximum Gasteiger partial charge on any atom is 0.234 e. The molecule has 0 aromatic heterocycles. The number of benzene rings is 1. The molecule has 0 saturated heterocycles. The average molecular weight is 202 g/mol. The fraction of sp³-hybridized carbons (Fsp3) is 0.167. The highest BCUT2D eigenvalue weighted by molar-refractivity contribution is 6.52. The van der Waals surface area contributed by atoms with Crippen LogP contribution >= 0.6 is 0 Å². The number of allylic oxidation sites excluding steroid dienone is 1. The summed E-state index contributed by atoms with van der Waals surface area (Å²) in [7, 11) is 0. The summed E-state index contributed by atoms with van der Waals surface area (Å²) in [5.74, 6) is -1.25. The first-order valence-corrected chi connectivity index (χ1v) is 4.62. The molecule has 1 aromatic rings. The summed E-state index contributed by atoms with van der Waals surface area (Å²) >= 11 is 0. The van der Waals surface area contributed by atoms with Crippen molar-refractivity contribution in [1.29, 1.82) is 0 Å². The Bertz CT molecular complexity index is 510. The van der Waals surface area contributed by atoms with Gasteiger partial charge >= 0.3 is 0 Å². The summed E-state index contributed by atoms with van der Waals surface area (Å²) < 4.78 is 0. The smallest absolute Gasteiger partial charge is 0.234 e. The van der Waals surface area contributed by atoms with Crippen LogP contribution in [0.5, 0.6) is 0 Å². The second kappa shape index (κ2) is 3.05. The highest BCUT2D eigenvalue weighted by atomic mass is 16.3. The van der Waals surface area contributed by atoms with E-state index in [1.165, 1.54) is 6.92 Å². The van der Waals surface area contributed by atoms with Crippen molar-refractivity contribution in [3.05, 3.63) is 40.5 Å². The van der Waals surface area contributed by atoms with Gasteiger partial charge in [-0.15, -0.1) is 0 Å². The molecule has 0 fully saturated rings. The van der Waals surface area contributed by atoms with E-state index >= 15 is 0 Å². The Morgan fingerprint density at radius 3 is 2.33 bits per heavy atom. The summed E-state index contributed by atoms with van der Waals surface area (Å²) in [6.07, 6.45) is 0. The molecule has 0 heterocycles. The zero-order valence-electron chi connectivity index (χ0n) is 8.50. The molecular weight excluding hydrogens is 192 g/mol. The average Bonchev–Trinajstić information content (AvgIpc) is 2.23. The largest absolute Gasteiger partial charge is 0.507 e. The lowest BCUT2D eigenvalue weighted by molar-refractivity contribution is -0.111. The highest BCUT2D eigenvalue weighted by Gasteiger charge is 2.29. The van der Waals surface area contributed by atoms with Gasteiger partial charge in [0.15, 0.2) is 0 Å². The topological polar surface area (TPSA) is 54.4 Å². The number of hydrogen-bond donors (Lipinski definition) is 1. The Labute approximate surface area is 87.0 Å². The Morgan fingerprint density at radius 1 is 1.00 bits per heavy atom. The van der Waals surface area contributed by atoms with E-state index in [4.69, 9.17) is 0 Å². The molecule has 0 radical (unpaired) electrons. The van der Waals surface area contributed by atoms with Gasteiger partial charge in [-0.3, -0.25) is 9.59 Å². The fourth-order valence-electron chi connectivity index (χ4n) is 1.65. The van der Waals surface area contributed by atoms with E-state index in [2.05, 4.69) is 0 Å². The summed E-state index contributed by atoms with van der Waals surface area (Å²) in [6.45, 7) is 3.32. The van der Waals surface area contributed by atoms with Crippen LogP contribution in [-0.2, 0) is 4.79 Å². The normalized spacial score (nSPS) is 15.6. The van der Waals surface area contributed by atoms with Gasteiger partial charge in [0.1, 0.15) is 5.76 Å². The molecule has 0 unspecified atom stereocenters. The second-order valence-electron chi connectivity index (χ2n) is 3.68. The lowest BCUT2D eigenvalue weighted by Crippen LogP contribution is -2.22. The SMILES string of the molecule is CC1=C(O)c2cc(C)ccc2C(=O)C1=O. The molecule has 76 valence electrons. The zero-order chi connectivity index (χ0) is 11.2. The van der Waals surface area contributed by atoms with Crippen LogP contribution in [0.1, 0.15) is 28.4 Å². The number of hydrogen-bond acceptors (Lipinski definition) is 3. The van der Waals surface area contributed by atoms with Crippen molar-refractivity contribution in [3.63, 3.8) is 0 Å². The van der Waals surface area contributed by atoms with Crippen LogP contribution in [0.3, 0.4) is 0 Å². The number of fused-ring (bicyclic) bond motifs is 1. The van der Waals surface area contributed by atoms with Crippen LogP contribution in [0.4, 0.5) is 0 Å². The second-order valence-corrected chi connectivity index (χ2v) is 3.68. The van der Waals surface area contributed by atoms with Gasteiger partial charge in [-0.05, 0) is 26.0 Å². The molecule has 0 atom stereocenters. The molecule has 3 heteroatoms. The number of ketones is 2. The van der Waals surface area contributed by atoms with Crippen molar-refractivity contribution in [3.8, 4) is 0 Å². The van der Waals surface area contributed by atoms with Gasteiger partial charge in [-0.2, -0.15) is 0 Å². The molecule has 1 aliphatic carbocycles. The molecule has 15 heavy (non-hydrogen) atoms. The van der Waals surface area contributed by atoms with E-state index in [-0.39, 0.29) is 16.9 Å². The van der Waals surface area contributed by atoms with E-state index in [9.17, 15) is 14.7 Å². The van der Waals surface area contributed by atoms with Crippen LogP contribution in [0.2, 0.25) is 0 Å². The molecule has 3 nitrogen and oxygen atoms in total. The zero-order valence-corrected chi connectivity index (χ0v) is 8.50. The molecule has 0 saturated carbocycles. The first-order chi connectivity index (χ1) is 7.02. The number of carbonyl (C=O) groups excluding carboxylic acids is 2. The van der Waals surface area contributed by atoms with Gasteiger partial charge in [0.2, 0.25) is 11.6 Å². The van der Waals surface area contributed by atoms with E-state index < -0.39 is 11.6 Å². The van der Waals surface area contributed by atoms with Crippen LogP contribution in [0.15, 0.2) is 23.8 Å². The number of aryl methyl sites for hydroxylation is 1. The van der Waals surface area contributed by atoms with E-state index in [0.29, 0.717) is 5.56 Å². The van der Waals surface area contributed by atoms with E-state index in [1.54, 1.807) is 18.2 Å². The van der Waals surface area contributed by atoms with Crippen molar-refractivity contribution in [2.24, 2.45) is 0 Å². The Morgan fingerprint density at radius 2 is 1.67 bits per heavy atom. The van der Waals surface area contributed by atoms with Crippen molar-refractivity contribution in [2.45, 2.75) is 13.8 Å². The Balaban J connectivity index is 2.78. The molecular formula is C12H10O3. The van der Waals surface area contributed by atoms with Crippen molar-refractivity contribution < 1.29 is 14.7 Å². The maximum atomic E-state index is 11.6. The Hall–Kier alpha value is -1.90. The predicted molar refractivity (Wildman–Crippen MR) is 55.7 cm³/mol. The van der Waals surface area contributed by atoms with Crippen LogP contribution in [0, 0.1) is 6.92 Å². The third-order valence-electron chi connectivity index (χ3n) is 2.58. The van der Waals surface area contributed by atoms with Gasteiger partial charge in [0.25, 0.3) is 0 Å². The molecule has 1 aromatic carbocycles. The minimum absolute atomic E-state index is 0.0849. The summed E-state index contributed by atoms with van der Waals surface area (Å²) in [5.41, 5.74) is 1.80. The molecule has 1 aliphatic rings. The van der Waals surface area contributed by atoms with Crippen LogP contribution < -0.4 is 0 Å². The van der Waals surface area contributed by atoms with Gasteiger partial charge in [0.05, 0.1) is 0 Å². The molecule has 0 aliphatic heterocycles. The van der Waals surface area contributed by atoms with Crippen LogP contribution in [-0.4, -0.2) is 16.7 Å².